The van der Waals surface area contributed by atoms with Crippen LogP contribution in [0.3, 0.4) is 0 Å². The zero-order chi connectivity index (χ0) is 22.3. The zero-order valence-corrected chi connectivity index (χ0v) is 17.4. The number of rotatable bonds is 8. The van der Waals surface area contributed by atoms with Crippen molar-refractivity contribution in [3.05, 3.63) is 78.1 Å². The fourth-order valence-corrected chi connectivity index (χ4v) is 3.40. The summed E-state index contributed by atoms with van der Waals surface area (Å²) in [6, 6.07) is 18.4. The topological polar surface area (TPSA) is 76.7 Å². The number of benzene rings is 3. The molecule has 32 heavy (non-hydrogen) atoms. The Morgan fingerprint density at radius 2 is 1.88 bits per heavy atom. The van der Waals surface area contributed by atoms with Crippen LogP contribution < -0.4 is 20.1 Å². The lowest BCUT2D eigenvalue weighted by Crippen LogP contribution is -2.18. The van der Waals surface area contributed by atoms with E-state index in [0.717, 1.165) is 11.3 Å². The lowest BCUT2D eigenvalue weighted by atomic mass is 10.0. The van der Waals surface area contributed by atoms with Gasteiger partial charge in [-0.05, 0) is 60.9 Å². The maximum absolute atomic E-state index is 13.4. The minimum absolute atomic E-state index is 0.0279. The van der Waals surface area contributed by atoms with Crippen molar-refractivity contribution >= 4 is 23.2 Å². The Bertz CT molecular complexity index is 1130. The number of hydrogen-bond acceptors (Lipinski definition) is 4. The zero-order valence-electron chi connectivity index (χ0n) is 17.4. The van der Waals surface area contributed by atoms with Crippen molar-refractivity contribution in [2.75, 3.05) is 17.2 Å². The number of carbonyl (C=O) groups is 2. The van der Waals surface area contributed by atoms with Gasteiger partial charge in [0.1, 0.15) is 17.3 Å². The Labute approximate surface area is 185 Å². The van der Waals surface area contributed by atoms with Gasteiger partial charge in [-0.3, -0.25) is 9.59 Å². The molecular weight excluding hydrogens is 411 g/mol. The molecule has 1 aliphatic heterocycles. The van der Waals surface area contributed by atoms with Gasteiger partial charge in [-0.1, -0.05) is 18.2 Å². The van der Waals surface area contributed by atoms with Gasteiger partial charge in [-0.25, -0.2) is 4.39 Å². The first-order valence-corrected chi connectivity index (χ1v) is 10.4. The highest BCUT2D eigenvalue weighted by Crippen LogP contribution is 2.30. The van der Waals surface area contributed by atoms with Crippen molar-refractivity contribution in [1.29, 1.82) is 0 Å². The van der Waals surface area contributed by atoms with E-state index in [-0.39, 0.29) is 18.2 Å². The molecule has 0 aliphatic carbocycles. The fourth-order valence-electron chi connectivity index (χ4n) is 3.40. The van der Waals surface area contributed by atoms with Gasteiger partial charge >= 0.3 is 0 Å². The van der Waals surface area contributed by atoms with E-state index >= 15 is 0 Å². The second kappa shape index (κ2) is 9.96. The molecule has 0 unspecified atom stereocenters. The molecule has 7 heteroatoms. The normalized spacial score (nSPS) is 12.5. The maximum Gasteiger partial charge on any atom is 0.224 e. The van der Waals surface area contributed by atoms with Gasteiger partial charge in [0.25, 0.3) is 0 Å². The molecule has 4 rings (SSSR count). The Hall–Kier alpha value is -3.87. The smallest absolute Gasteiger partial charge is 0.224 e. The first-order valence-electron chi connectivity index (χ1n) is 10.4. The number of amides is 2. The van der Waals surface area contributed by atoms with Crippen LogP contribution in [-0.4, -0.2) is 18.4 Å². The lowest BCUT2D eigenvalue weighted by molar-refractivity contribution is -0.117. The van der Waals surface area contributed by atoms with Crippen LogP contribution in [0.25, 0.3) is 0 Å². The monoisotopic (exact) mass is 434 g/mol. The van der Waals surface area contributed by atoms with Gasteiger partial charge < -0.3 is 20.1 Å². The van der Waals surface area contributed by atoms with E-state index < -0.39 is 5.82 Å². The predicted octanol–water partition coefficient (Wildman–Crippen LogP) is 5.30. The van der Waals surface area contributed by atoms with Crippen LogP contribution in [0.1, 0.15) is 24.8 Å². The molecule has 3 aromatic rings. The molecule has 0 bridgehead atoms. The van der Waals surface area contributed by atoms with Gasteiger partial charge in [0.2, 0.25) is 11.8 Å². The fraction of sp³-hybridized carbons (Fsp3) is 0.200. The van der Waals surface area contributed by atoms with E-state index in [1.165, 1.54) is 12.1 Å². The van der Waals surface area contributed by atoms with Crippen LogP contribution in [0, 0.1) is 5.82 Å². The first-order chi connectivity index (χ1) is 15.6. The quantitative estimate of drug-likeness (QED) is 0.472. The van der Waals surface area contributed by atoms with E-state index in [0.29, 0.717) is 48.8 Å². The molecule has 2 amide bonds. The van der Waals surface area contributed by atoms with Crippen LogP contribution in [-0.2, 0) is 16.0 Å². The van der Waals surface area contributed by atoms with Crippen molar-refractivity contribution in [3.8, 4) is 17.2 Å². The summed E-state index contributed by atoms with van der Waals surface area (Å²) in [5.74, 6) is 0.965. The summed E-state index contributed by atoms with van der Waals surface area (Å²) in [7, 11) is 0. The Morgan fingerprint density at radius 1 is 1.00 bits per heavy atom. The SMILES string of the molecule is O=C1CCc2cc(OCCCC(=O)Nc3ccccc3Oc3cccc(F)c3)ccc2N1. The van der Waals surface area contributed by atoms with Crippen molar-refractivity contribution in [1.82, 2.24) is 0 Å². The molecule has 0 aromatic heterocycles. The van der Waals surface area contributed by atoms with E-state index in [4.69, 9.17) is 9.47 Å². The molecule has 6 nitrogen and oxygen atoms in total. The number of para-hydroxylation sites is 2. The van der Waals surface area contributed by atoms with Crippen LogP contribution >= 0.6 is 0 Å². The van der Waals surface area contributed by atoms with E-state index in [1.807, 2.05) is 18.2 Å². The number of hydrogen-bond donors (Lipinski definition) is 2. The number of fused-ring (bicyclic) bond motifs is 1. The number of halogens is 1. The summed E-state index contributed by atoms with van der Waals surface area (Å²) in [4.78, 5) is 23.8. The first kappa shape index (κ1) is 21.4. The summed E-state index contributed by atoms with van der Waals surface area (Å²) < 4.78 is 24.9. The van der Waals surface area contributed by atoms with Gasteiger partial charge in [-0.15, -0.1) is 0 Å². The predicted molar refractivity (Wildman–Crippen MR) is 120 cm³/mol. The molecule has 164 valence electrons. The third-order valence-electron chi connectivity index (χ3n) is 4.97. The second-order valence-electron chi connectivity index (χ2n) is 7.42. The molecule has 0 radical (unpaired) electrons. The van der Waals surface area contributed by atoms with Crippen LogP contribution in [0.2, 0.25) is 0 Å². The average molecular weight is 434 g/mol. The highest BCUT2D eigenvalue weighted by Gasteiger charge is 2.15. The molecule has 0 spiro atoms. The summed E-state index contributed by atoms with van der Waals surface area (Å²) in [6.07, 6.45) is 1.97. The van der Waals surface area contributed by atoms with Crippen molar-refractivity contribution in [3.63, 3.8) is 0 Å². The number of anilines is 2. The van der Waals surface area contributed by atoms with Gasteiger partial charge in [-0.2, -0.15) is 0 Å². The summed E-state index contributed by atoms with van der Waals surface area (Å²) >= 11 is 0. The standard InChI is InChI=1S/C25H23FN2O4/c26-18-5-3-6-20(16-18)32-23-8-2-1-7-22(23)28-24(29)9-4-14-31-19-11-12-21-17(15-19)10-13-25(30)27-21/h1-3,5-8,11-12,15-16H,4,9-10,13-14H2,(H,27,30)(H,28,29). The molecule has 0 atom stereocenters. The molecule has 2 N–H and O–H groups in total. The highest BCUT2D eigenvalue weighted by molar-refractivity contribution is 5.94. The number of nitrogens with one attached hydrogen (secondary N) is 2. The molecular formula is C25H23FN2O4. The van der Waals surface area contributed by atoms with Crippen molar-refractivity contribution < 1.29 is 23.5 Å². The van der Waals surface area contributed by atoms with Gasteiger partial charge in [0, 0.05) is 24.6 Å². The maximum atomic E-state index is 13.4. The summed E-state index contributed by atoms with van der Waals surface area (Å²) in [5, 5.41) is 5.67. The molecule has 0 saturated heterocycles. The molecule has 3 aromatic carbocycles. The van der Waals surface area contributed by atoms with E-state index in [2.05, 4.69) is 10.6 Å². The lowest BCUT2D eigenvalue weighted by Gasteiger charge is -2.17. The van der Waals surface area contributed by atoms with Crippen LogP contribution in [0.4, 0.5) is 15.8 Å². The van der Waals surface area contributed by atoms with Gasteiger partial charge in [0.15, 0.2) is 5.75 Å². The van der Waals surface area contributed by atoms with Crippen molar-refractivity contribution in [2.24, 2.45) is 0 Å². The largest absolute Gasteiger partial charge is 0.494 e. The Morgan fingerprint density at radius 3 is 2.75 bits per heavy atom. The summed E-state index contributed by atoms with van der Waals surface area (Å²) in [6.45, 7) is 0.389. The van der Waals surface area contributed by atoms with Gasteiger partial charge in [0.05, 0.1) is 12.3 Å². The van der Waals surface area contributed by atoms with Crippen LogP contribution in [0.5, 0.6) is 17.2 Å². The van der Waals surface area contributed by atoms with E-state index in [9.17, 15) is 14.0 Å². The Kier molecular flexibility index (Phi) is 6.65. The van der Waals surface area contributed by atoms with Crippen LogP contribution in [0.15, 0.2) is 66.7 Å². The number of ether oxygens (including phenoxy) is 2. The highest BCUT2D eigenvalue weighted by atomic mass is 19.1. The minimum atomic E-state index is -0.396. The van der Waals surface area contributed by atoms with Crippen molar-refractivity contribution in [2.45, 2.75) is 25.7 Å². The molecule has 1 aliphatic rings. The molecule has 1 heterocycles. The Balaban J connectivity index is 1.26. The van der Waals surface area contributed by atoms with E-state index in [1.54, 1.807) is 36.4 Å². The molecule has 0 fully saturated rings. The third-order valence-corrected chi connectivity index (χ3v) is 4.97. The average Bonchev–Trinajstić information content (AvgIpc) is 2.78. The summed E-state index contributed by atoms with van der Waals surface area (Å²) in [5.41, 5.74) is 2.39. The number of carbonyl (C=O) groups excluding carboxylic acids is 2. The second-order valence-corrected chi connectivity index (χ2v) is 7.42. The third kappa shape index (κ3) is 5.63. The molecule has 0 saturated carbocycles. The number of aryl methyl sites for hydroxylation is 1. The minimum Gasteiger partial charge on any atom is -0.494 e.